The van der Waals surface area contributed by atoms with E-state index in [1.165, 1.54) is 0 Å². The minimum Gasteiger partial charge on any atom is -0.352 e. The zero-order chi connectivity index (χ0) is 9.54. The minimum absolute atomic E-state index is 0.0821. The molecule has 0 saturated carbocycles. The molecule has 3 nitrogen and oxygen atoms in total. The van der Waals surface area contributed by atoms with Gasteiger partial charge in [0.2, 0.25) is 5.36 Å². The third-order valence-corrected chi connectivity index (χ3v) is 2.86. The van der Waals surface area contributed by atoms with E-state index in [1.54, 1.807) is 0 Å². The summed E-state index contributed by atoms with van der Waals surface area (Å²) in [5.74, 6) is 0.0821. The van der Waals surface area contributed by atoms with Crippen LogP contribution in [0.25, 0.3) is 5.57 Å². The Morgan fingerprint density at radius 1 is 1.36 bits per heavy atom. The Morgan fingerprint density at radius 2 is 2.21 bits per heavy atom. The number of piperidine rings is 1. The van der Waals surface area contributed by atoms with Gasteiger partial charge in [-0.15, -0.1) is 0 Å². The molecule has 1 unspecified atom stereocenters. The first kappa shape index (κ1) is 7.74. The molecule has 3 heteroatoms. The standard InChI is InChI=1S/C11H10N2O/c14-11-10-7-3-1-2-4-8(7)13-9(10)5-6-12-11/h1-4,9H,5-6H2,(H,12,14)/p+1. The Hall–Kier alpha value is -1.64. The van der Waals surface area contributed by atoms with Crippen LogP contribution >= 0.6 is 0 Å². The summed E-state index contributed by atoms with van der Waals surface area (Å²) in [5, 5.41) is 5.03. The van der Waals surface area contributed by atoms with Crippen LogP contribution in [0.15, 0.2) is 24.3 Å². The smallest absolute Gasteiger partial charge is 0.254 e. The van der Waals surface area contributed by atoms with Crippen LogP contribution in [-0.2, 0) is 4.79 Å². The lowest BCUT2D eigenvalue weighted by molar-refractivity contribution is -0.523. The Kier molecular flexibility index (Phi) is 1.48. The highest BCUT2D eigenvalue weighted by atomic mass is 16.1. The average Bonchev–Trinajstić information content (AvgIpc) is 2.57. The predicted octanol–water partition coefficient (Wildman–Crippen LogP) is -2.56. The number of amides is 1. The van der Waals surface area contributed by atoms with Gasteiger partial charge in [-0.05, 0) is 6.07 Å². The van der Waals surface area contributed by atoms with Crippen LogP contribution in [-0.4, -0.2) is 18.5 Å². The number of fused-ring (bicyclic) bond motifs is 2. The highest BCUT2D eigenvalue weighted by Gasteiger charge is 2.33. The Morgan fingerprint density at radius 3 is 3.14 bits per heavy atom. The second-order valence-electron chi connectivity index (χ2n) is 3.70. The summed E-state index contributed by atoms with van der Waals surface area (Å²) in [4.78, 5) is 15.0. The topological polar surface area (TPSA) is 43.1 Å². The maximum atomic E-state index is 11.7. The Balaban J connectivity index is 2.36. The van der Waals surface area contributed by atoms with Crippen molar-refractivity contribution in [2.24, 2.45) is 0 Å². The van der Waals surface area contributed by atoms with Gasteiger partial charge in [-0.25, -0.2) is 4.99 Å². The van der Waals surface area contributed by atoms with Gasteiger partial charge in [0, 0.05) is 19.0 Å². The second kappa shape index (κ2) is 2.67. The summed E-state index contributed by atoms with van der Waals surface area (Å²) in [6.45, 7) is 0.772. The first-order valence-corrected chi connectivity index (χ1v) is 4.87. The fourth-order valence-electron chi connectivity index (χ4n) is 2.21. The van der Waals surface area contributed by atoms with Gasteiger partial charge in [-0.2, -0.15) is 0 Å². The fourth-order valence-corrected chi connectivity index (χ4v) is 2.21. The first-order chi connectivity index (χ1) is 6.86. The molecule has 70 valence electrons. The van der Waals surface area contributed by atoms with Crippen molar-refractivity contribution in [3.63, 3.8) is 0 Å². The predicted molar refractivity (Wildman–Crippen MR) is 50.6 cm³/mol. The van der Waals surface area contributed by atoms with E-state index in [9.17, 15) is 4.79 Å². The summed E-state index contributed by atoms with van der Waals surface area (Å²) in [6.07, 6.45) is 0.982. The number of para-hydroxylation sites is 1. The lowest BCUT2D eigenvalue weighted by Gasteiger charge is -2.15. The van der Waals surface area contributed by atoms with Gasteiger partial charge in [0.15, 0.2) is 6.04 Å². The van der Waals surface area contributed by atoms with Crippen molar-refractivity contribution in [2.75, 3.05) is 6.54 Å². The van der Waals surface area contributed by atoms with Crippen LogP contribution in [0, 0.1) is 0 Å². The van der Waals surface area contributed by atoms with Crippen LogP contribution in [0.1, 0.15) is 6.42 Å². The zero-order valence-electron chi connectivity index (χ0n) is 7.71. The van der Waals surface area contributed by atoms with Crippen molar-refractivity contribution in [3.8, 4) is 0 Å². The van der Waals surface area contributed by atoms with Crippen molar-refractivity contribution in [1.29, 1.82) is 0 Å². The second-order valence-corrected chi connectivity index (χ2v) is 3.70. The number of benzene rings is 1. The molecule has 2 aliphatic heterocycles. The molecule has 1 atom stereocenters. The molecular formula is C11H11N2O+. The average molecular weight is 187 g/mol. The number of carbonyl (C=O) groups excluding carboxylic acids is 1. The van der Waals surface area contributed by atoms with Crippen LogP contribution in [0.5, 0.6) is 0 Å². The molecule has 1 saturated heterocycles. The number of rotatable bonds is 0. The molecule has 0 spiro atoms. The summed E-state index contributed by atoms with van der Waals surface area (Å²) in [5.41, 5.74) is 0.909. The van der Waals surface area contributed by atoms with Crippen molar-refractivity contribution in [2.45, 2.75) is 12.5 Å². The van der Waals surface area contributed by atoms with E-state index in [0.717, 1.165) is 29.1 Å². The van der Waals surface area contributed by atoms with E-state index in [4.69, 9.17) is 0 Å². The molecule has 1 aromatic carbocycles. The number of hydrogen-bond acceptors (Lipinski definition) is 1. The Labute approximate surface area is 81.2 Å². The van der Waals surface area contributed by atoms with Crippen LogP contribution in [0.3, 0.4) is 0 Å². The number of nitrogens with one attached hydrogen (secondary N) is 2. The molecule has 2 aliphatic rings. The highest BCUT2D eigenvalue weighted by molar-refractivity contribution is 6.15. The lowest BCUT2D eigenvalue weighted by atomic mass is 10.00. The molecule has 0 bridgehead atoms. The van der Waals surface area contributed by atoms with Crippen molar-refractivity contribution < 1.29 is 9.79 Å². The maximum Gasteiger partial charge on any atom is 0.254 e. The number of carbonyl (C=O) groups is 1. The molecule has 14 heavy (non-hydrogen) atoms. The largest absolute Gasteiger partial charge is 0.352 e. The first-order valence-electron chi connectivity index (χ1n) is 4.87. The van der Waals surface area contributed by atoms with Gasteiger partial charge in [-0.1, -0.05) is 12.1 Å². The van der Waals surface area contributed by atoms with Crippen molar-refractivity contribution >= 4 is 11.5 Å². The molecular weight excluding hydrogens is 176 g/mol. The Bertz CT molecular complexity index is 518. The summed E-state index contributed by atoms with van der Waals surface area (Å²) < 4.78 is 0. The fraction of sp³-hybridized carbons (Fsp3) is 0.273. The molecule has 0 aliphatic carbocycles. The summed E-state index contributed by atoms with van der Waals surface area (Å²) >= 11 is 0. The third-order valence-electron chi connectivity index (χ3n) is 2.86. The normalized spacial score (nSPS) is 23.6. The van der Waals surface area contributed by atoms with Crippen molar-refractivity contribution in [1.82, 2.24) is 5.32 Å². The maximum absolute atomic E-state index is 11.7. The summed E-state index contributed by atoms with van der Waals surface area (Å²) in [7, 11) is 0. The molecule has 1 amide bonds. The molecule has 0 aromatic heterocycles. The van der Waals surface area contributed by atoms with Gasteiger partial charge >= 0.3 is 0 Å². The molecule has 1 aromatic rings. The SMILES string of the molecule is O=C1NCCC2[NH+]=c3ccccc3=C12. The highest BCUT2D eigenvalue weighted by Crippen LogP contribution is 2.07. The van der Waals surface area contributed by atoms with E-state index in [0.29, 0.717) is 0 Å². The van der Waals surface area contributed by atoms with Crippen LogP contribution in [0.4, 0.5) is 0 Å². The molecule has 0 radical (unpaired) electrons. The van der Waals surface area contributed by atoms with E-state index < -0.39 is 0 Å². The lowest BCUT2D eigenvalue weighted by Crippen LogP contribution is -2.82. The quantitative estimate of drug-likeness (QED) is 0.461. The molecule has 1 fully saturated rings. The van der Waals surface area contributed by atoms with E-state index >= 15 is 0 Å². The molecule has 2 heterocycles. The van der Waals surface area contributed by atoms with Gasteiger partial charge in [0.05, 0.1) is 10.8 Å². The number of hydrogen-bond donors (Lipinski definition) is 2. The third kappa shape index (κ3) is 0.923. The van der Waals surface area contributed by atoms with Crippen LogP contribution < -0.4 is 20.9 Å². The zero-order valence-corrected chi connectivity index (χ0v) is 7.71. The van der Waals surface area contributed by atoms with E-state index in [2.05, 4.69) is 10.3 Å². The van der Waals surface area contributed by atoms with Gasteiger partial charge in [0.1, 0.15) is 0 Å². The monoisotopic (exact) mass is 187 g/mol. The van der Waals surface area contributed by atoms with E-state index in [1.807, 2.05) is 24.3 Å². The summed E-state index contributed by atoms with van der Waals surface area (Å²) in [6, 6.07) is 8.21. The molecule has 3 rings (SSSR count). The van der Waals surface area contributed by atoms with E-state index in [-0.39, 0.29) is 11.9 Å². The minimum atomic E-state index is 0.0821. The van der Waals surface area contributed by atoms with Crippen molar-refractivity contribution in [3.05, 3.63) is 34.8 Å². The van der Waals surface area contributed by atoms with Crippen LogP contribution in [0.2, 0.25) is 0 Å². The van der Waals surface area contributed by atoms with Gasteiger partial charge in [-0.3, -0.25) is 4.79 Å². The van der Waals surface area contributed by atoms with Gasteiger partial charge in [0.25, 0.3) is 5.91 Å². The van der Waals surface area contributed by atoms with Gasteiger partial charge < -0.3 is 5.32 Å². The molecule has 2 N–H and O–H groups in total.